The van der Waals surface area contributed by atoms with Crippen molar-refractivity contribution in [2.24, 2.45) is 0 Å². The first kappa shape index (κ1) is 14.8. The highest BCUT2D eigenvalue weighted by atomic mass is 35.5. The Bertz CT molecular complexity index is 699. The molecule has 0 fully saturated rings. The molecule has 0 spiro atoms. The number of hydrogen-bond acceptors (Lipinski definition) is 3. The summed E-state index contributed by atoms with van der Waals surface area (Å²) in [5.41, 5.74) is 1.98. The first-order chi connectivity index (χ1) is 9.65. The Kier molecular flexibility index (Phi) is 4.99. The Morgan fingerprint density at radius 1 is 1.35 bits per heavy atom. The van der Waals surface area contributed by atoms with Crippen LogP contribution in [0.1, 0.15) is 26.0 Å². The zero-order valence-corrected chi connectivity index (χ0v) is 12.7. The predicted molar refractivity (Wildman–Crippen MR) is 84.0 cm³/mol. The van der Waals surface area contributed by atoms with Crippen molar-refractivity contribution in [3.63, 3.8) is 0 Å². The Balaban J connectivity index is 2.52. The summed E-state index contributed by atoms with van der Waals surface area (Å²) in [4.78, 5) is 7.97. The van der Waals surface area contributed by atoms with Gasteiger partial charge in [0, 0.05) is 11.6 Å². The van der Waals surface area contributed by atoms with Crippen molar-refractivity contribution in [3.05, 3.63) is 52.6 Å². The van der Waals surface area contributed by atoms with Gasteiger partial charge in [0.25, 0.3) is 0 Å². The molecule has 0 N–H and O–H groups in total. The van der Waals surface area contributed by atoms with E-state index in [-0.39, 0.29) is 10.4 Å². The summed E-state index contributed by atoms with van der Waals surface area (Å²) in [5, 5.41) is 0.326. The summed E-state index contributed by atoms with van der Waals surface area (Å²) in [6, 6.07) is 1.81. The van der Waals surface area contributed by atoms with E-state index in [0.29, 0.717) is 16.9 Å². The number of halogens is 2. The molecule has 0 amide bonds. The van der Waals surface area contributed by atoms with Gasteiger partial charge in [0.2, 0.25) is 5.28 Å². The molecule has 0 radical (unpaired) electrons. The highest BCUT2D eigenvalue weighted by Crippen LogP contribution is 2.29. The van der Waals surface area contributed by atoms with Crippen molar-refractivity contribution >= 4 is 39.9 Å². The van der Waals surface area contributed by atoms with Gasteiger partial charge in [-0.05, 0) is 24.9 Å². The van der Waals surface area contributed by atoms with Gasteiger partial charge in [-0.2, -0.15) is 0 Å². The van der Waals surface area contributed by atoms with Gasteiger partial charge in [0.05, 0.1) is 0 Å². The fraction of sp³-hybridized carbons (Fsp3) is 0.200. The summed E-state index contributed by atoms with van der Waals surface area (Å²) in [7, 11) is 0. The predicted octanol–water partition coefficient (Wildman–Crippen LogP) is 5.46. The zero-order chi connectivity index (χ0) is 14.5. The fourth-order valence-corrected chi connectivity index (χ4v) is 2.15. The molecule has 0 aliphatic carbocycles. The van der Waals surface area contributed by atoms with E-state index < -0.39 is 0 Å². The number of fused-ring (bicyclic) bond motifs is 1. The highest BCUT2D eigenvalue weighted by Gasteiger charge is 2.12. The lowest BCUT2D eigenvalue weighted by Gasteiger charge is -1.95. The number of allylic oxidation sites excluding steroid dienone is 6. The summed E-state index contributed by atoms with van der Waals surface area (Å²) < 4.78 is 5.73. The van der Waals surface area contributed by atoms with Crippen LogP contribution in [0.2, 0.25) is 10.4 Å². The van der Waals surface area contributed by atoms with Crippen LogP contribution in [0.15, 0.2) is 40.9 Å². The van der Waals surface area contributed by atoms with E-state index in [2.05, 4.69) is 23.0 Å². The molecule has 0 saturated heterocycles. The molecular formula is C15H14Cl2N2O. The van der Waals surface area contributed by atoms with Gasteiger partial charge in [-0.25, -0.2) is 9.97 Å². The average Bonchev–Trinajstić information content (AvgIpc) is 2.82. The molecule has 0 bridgehead atoms. The molecule has 2 rings (SSSR count). The van der Waals surface area contributed by atoms with Crippen LogP contribution in [0.5, 0.6) is 0 Å². The smallest absolute Gasteiger partial charge is 0.224 e. The third-order valence-corrected chi connectivity index (χ3v) is 3.01. The maximum Gasteiger partial charge on any atom is 0.224 e. The number of hydrogen-bond donors (Lipinski definition) is 0. The van der Waals surface area contributed by atoms with E-state index in [0.717, 1.165) is 12.0 Å². The lowest BCUT2D eigenvalue weighted by molar-refractivity contribution is 0.599. The molecule has 0 aliphatic rings. The molecule has 2 heterocycles. The zero-order valence-electron chi connectivity index (χ0n) is 11.2. The van der Waals surface area contributed by atoms with Crippen LogP contribution < -0.4 is 0 Å². The second kappa shape index (κ2) is 6.73. The lowest BCUT2D eigenvalue weighted by Crippen LogP contribution is -1.82. The van der Waals surface area contributed by atoms with E-state index in [1.54, 1.807) is 6.07 Å². The van der Waals surface area contributed by atoms with E-state index >= 15 is 0 Å². The summed E-state index contributed by atoms with van der Waals surface area (Å²) in [6.45, 7) is 4.03. The van der Waals surface area contributed by atoms with Crippen LogP contribution in [0, 0.1) is 0 Å². The molecular weight excluding hydrogens is 295 g/mol. The topological polar surface area (TPSA) is 38.9 Å². The SMILES string of the molecule is C\C=C/C(=C\C=C\CC)c1cc2nc(Cl)nc(Cl)c2o1. The second-order valence-corrected chi connectivity index (χ2v) is 4.76. The molecule has 0 aliphatic heterocycles. The van der Waals surface area contributed by atoms with Gasteiger partial charge < -0.3 is 4.42 Å². The Hall–Kier alpha value is -1.58. The van der Waals surface area contributed by atoms with Gasteiger partial charge in [-0.3, -0.25) is 0 Å². The van der Waals surface area contributed by atoms with E-state index in [4.69, 9.17) is 27.6 Å². The number of rotatable bonds is 4. The van der Waals surface area contributed by atoms with Crippen LogP contribution >= 0.6 is 23.2 Å². The van der Waals surface area contributed by atoms with Crippen LogP contribution in [-0.4, -0.2) is 9.97 Å². The molecule has 0 aromatic carbocycles. The van der Waals surface area contributed by atoms with Gasteiger partial charge >= 0.3 is 0 Å². The molecule has 0 saturated carbocycles. The van der Waals surface area contributed by atoms with Gasteiger partial charge in [0.1, 0.15) is 11.3 Å². The van der Waals surface area contributed by atoms with Crippen LogP contribution in [0.3, 0.4) is 0 Å². The number of furan rings is 1. The molecule has 2 aromatic rings. The van der Waals surface area contributed by atoms with Crippen LogP contribution in [0.25, 0.3) is 16.7 Å². The fourth-order valence-electron chi connectivity index (χ4n) is 1.72. The third-order valence-electron chi connectivity index (χ3n) is 2.58. The van der Waals surface area contributed by atoms with Crippen LogP contribution in [-0.2, 0) is 0 Å². The van der Waals surface area contributed by atoms with E-state index in [1.165, 1.54) is 0 Å². The van der Waals surface area contributed by atoms with Crippen molar-refractivity contribution in [2.75, 3.05) is 0 Å². The molecule has 104 valence electrons. The first-order valence-corrected chi connectivity index (χ1v) is 7.03. The number of aromatic nitrogens is 2. The minimum absolute atomic E-state index is 0.109. The van der Waals surface area contributed by atoms with Crippen molar-refractivity contribution < 1.29 is 4.42 Å². The first-order valence-electron chi connectivity index (χ1n) is 6.28. The minimum atomic E-state index is 0.109. The lowest BCUT2D eigenvalue weighted by atomic mass is 10.1. The monoisotopic (exact) mass is 308 g/mol. The van der Waals surface area contributed by atoms with Gasteiger partial charge in [-0.1, -0.05) is 48.9 Å². The Morgan fingerprint density at radius 3 is 2.85 bits per heavy atom. The Morgan fingerprint density at radius 2 is 2.15 bits per heavy atom. The standard InChI is InChI=1S/C15H14Cl2N2O/c1-3-5-6-8-10(7-4-2)12-9-11-13(20-12)14(16)19-15(17)18-11/h4-9H,3H2,1-2H3/b6-5+,7-4-,10-8+. The second-order valence-electron chi connectivity index (χ2n) is 4.07. The van der Waals surface area contributed by atoms with Crippen molar-refractivity contribution in [1.29, 1.82) is 0 Å². The molecule has 20 heavy (non-hydrogen) atoms. The van der Waals surface area contributed by atoms with Crippen molar-refractivity contribution in [2.45, 2.75) is 20.3 Å². The maximum atomic E-state index is 6.00. The van der Waals surface area contributed by atoms with Crippen molar-refractivity contribution in [3.8, 4) is 0 Å². The van der Waals surface area contributed by atoms with Crippen molar-refractivity contribution in [1.82, 2.24) is 9.97 Å². The number of nitrogens with zero attached hydrogens (tertiary/aromatic N) is 2. The maximum absolute atomic E-state index is 6.00. The molecule has 2 aromatic heterocycles. The summed E-state index contributed by atoms with van der Waals surface area (Å²) in [5.74, 6) is 0.678. The highest BCUT2D eigenvalue weighted by molar-refractivity contribution is 6.35. The molecule has 0 unspecified atom stereocenters. The summed E-state index contributed by atoms with van der Waals surface area (Å²) >= 11 is 11.8. The average molecular weight is 309 g/mol. The largest absolute Gasteiger partial charge is 0.451 e. The molecule has 0 atom stereocenters. The quantitative estimate of drug-likeness (QED) is 0.428. The Labute approximate surface area is 127 Å². The third kappa shape index (κ3) is 3.30. The minimum Gasteiger partial charge on any atom is -0.451 e. The van der Waals surface area contributed by atoms with E-state index in [1.807, 2.05) is 31.2 Å². The van der Waals surface area contributed by atoms with Gasteiger partial charge in [-0.15, -0.1) is 0 Å². The normalized spacial score (nSPS) is 13.1. The van der Waals surface area contributed by atoms with Crippen LogP contribution in [0.4, 0.5) is 0 Å². The van der Waals surface area contributed by atoms with E-state index in [9.17, 15) is 0 Å². The van der Waals surface area contributed by atoms with Gasteiger partial charge in [0.15, 0.2) is 10.7 Å². The molecule has 5 heteroatoms. The summed E-state index contributed by atoms with van der Waals surface area (Å²) in [6.07, 6.45) is 10.9. The molecule has 3 nitrogen and oxygen atoms in total.